The number of hydrogen-bond donors (Lipinski definition) is 0. The number of hydrogen-bond acceptors (Lipinski definition) is 4. The summed E-state index contributed by atoms with van der Waals surface area (Å²) in [5.74, 6) is 0.832. The zero-order chi connectivity index (χ0) is 25.3. The summed E-state index contributed by atoms with van der Waals surface area (Å²) < 4.78 is 28.2. The van der Waals surface area contributed by atoms with Gasteiger partial charge in [0.25, 0.3) is 0 Å². The molecule has 0 aliphatic heterocycles. The largest absolute Gasteiger partial charge is 0.341 e. The monoisotopic (exact) mass is 484 g/mol. The summed E-state index contributed by atoms with van der Waals surface area (Å²) in [5.41, 5.74) is 3.96. The third kappa shape index (κ3) is 5.50. The van der Waals surface area contributed by atoms with Crippen molar-refractivity contribution >= 4 is 27.0 Å². The molecule has 0 spiro atoms. The number of benzene rings is 2. The van der Waals surface area contributed by atoms with Crippen LogP contribution in [0.5, 0.6) is 0 Å². The summed E-state index contributed by atoms with van der Waals surface area (Å²) >= 11 is 0. The minimum absolute atomic E-state index is 0.0467. The lowest BCUT2D eigenvalue weighted by Gasteiger charge is -2.21. The van der Waals surface area contributed by atoms with Crippen LogP contribution >= 0.6 is 0 Å². The number of imidazole rings is 1. The van der Waals surface area contributed by atoms with Crippen LogP contribution in [0.3, 0.4) is 0 Å². The topological polar surface area (TPSA) is 75.5 Å². The maximum Gasteiger partial charge on any atom is 0.242 e. The summed E-state index contributed by atoms with van der Waals surface area (Å²) in [6.07, 6.45) is 0.827. The van der Waals surface area contributed by atoms with Crippen LogP contribution in [0.4, 0.5) is 0 Å². The summed E-state index contributed by atoms with van der Waals surface area (Å²) in [7, 11) is 1.31. The predicted molar refractivity (Wildman–Crippen MR) is 136 cm³/mol. The molecule has 3 aromatic rings. The molecular formula is C26H36N4O3S. The molecule has 0 aliphatic carbocycles. The number of aromatic nitrogens is 2. The standard InChI is InChI=1S/C26H36N4O3S/c1-8-30-23-14-13-21(34(32,33)28(5)6)17-22(23)27-24(30)15-16-25(31)29(7)18-19-9-11-20(12-10-19)26(2,3)4/h9-14,17H,8,15-16,18H2,1-7H3. The van der Waals surface area contributed by atoms with Gasteiger partial charge in [-0.1, -0.05) is 45.0 Å². The molecule has 1 amide bonds. The van der Waals surface area contributed by atoms with Gasteiger partial charge < -0.3 is 9.47 Å². The minimum atomic E-state index is -3.53. The van der Waals surface area contributed by atoms with Crippen molar-refractivity contribution in [2.75, 3.05) is 21.1 Å². The third-order valence-electron chi connectivity index (χ3n) is 6.12. The fourth-order valence-corrected chi connectivity index (χ4v) is 4.88. The molecule has 0 atom stereocenters. The Morgan fingerprint density at radius 3 is 2.24 bits per heavy atom. The van der Waals surface area contributed by atoms with E-state index in [1.165, 1.54) is 24.0 Å². The Morgan fingerprint density at radius 2 is 1.68 bits per heavy atom. The lowest BCUT2D eigenvalue weighted by molar-refractivity contribution is -0.130. The highest BCUT2D eigenvalue weighted by Crippen LogP contribution is 2.24. The van der Waals surface area contributed by atoms with E-state index in [2.05, 4.69) is 50.0 Å². The molecule has 0 saturated heterocycles. The lowest BCUT2D eigenvalue weighted by atomic mass is 9.87. The quantitative estimate of drug-likeness (QED) is 0.480. The predicted octanol–water partition coefficient (Wildman–Crippen LogP) is 4.20. The van der Waals surface area contributed by atoms with Crippen molar-refractivity contribution in [1.29, 1.82) is 0 Å². The Kier molecular flexibility index (Phi) is 7.53. The molecule has 1 aromatic heterocycles. The van der Waals surface area contributed by atoms with Crippen molar-refractivity contribution in [3.05, 3.63) is 59.4 Å². The van der Waals surface area contributed by atoms with Crippen molar-refractivity contribution in [2.45, 2.75) is 63.9 Å². The maximum atomic E-state index is 12.8. The molecule has 0 saturated carbocycles. The van der Waals surface area contributed by atoms with Gasteiger partial charge in [-0.15, -0.1) is 0 Å². The van der Waals surface area contributed by atoms with Gasteiger partial charge in [0.05, 0.1) is 15.9 Å². The Balaban J connectivity index is 1.72. The highest BCUT2D eigenvalue weighted by molar-refractivity contribution is 7.89. The van der Waals surface area contributed by atoms with E-state index >= 15 is 0 Å². The van der Waals surface area contributed by atoms with Gasteiger partial charge in [-0.05, 0) is 41.7 Å². The van der Waals surface area contributed by atoms with Gasteiger partial charge in [0.1, 0.15) is 5.82 Å². The first-order valence-electron chi connectivity index (χ1n) is 11.6. The molecule has 0 aliphatic rings. The second-order valence-electron chi connectivity index (χ2n) is 9.91. The molecule has 0 radical (unpaired) electrons. The van der Waals surface area contributed by atoms with Gasteiger partial charge in [-0.25, -0.2) is 17.7 Å². The van der Waals surface area contributed by atoms with Crippen LogP contribution < -0.4 is 0 Å². The van der Waals surface area contributed by atoms with Gasteiger partial charge >= 0.3 is 0 Å². The number of carbonyl (C=O) groups is 1. The molecule has 0 unspecified atom stereocenters. The van der Waals surface area contributed by atoms with Crippen LogP contribution in [-0.2, 0) is 39.7 Å². The van der Waals surface area contributed by atoms with E-state index in [0.717, 1.165) is 16.9 Å². The summed E-state index contributed by atoms with van der Waals surface area (Å²) in [6, 6.07) is 13.4. The fraction of sp³-hybridized carbons (Fsp3) is 0.462. The molecule has 3 rings (SSSR count). The van der Waals surface area contributed by atoms with Crippen molar-refractivity contribution in [2.24, 2.45) is 0 Å². The maximum absolute atomic E-state index is 12.8. The molecule has 1 heterocycles. The third-order valence-corrected chi connectivity index (χ3v) is 7.93. The average Bonchev–Trinajstić information content (AvgIpc) is 3.13. The highest BCUT2D eigenvalue weighted by atomic mass is 32.2. The van der Waals surface area contributed by atoms with Gasteiger partial charge in [0.15, 0.2) is 0 Å². The molecule has 0 fully saturated rings. The van der Waals surface area contributed by atoms with Crippen molar-refractivity contribution in [1.82, 2.24) is 18.8 Å². The van der Waals surface area contributed by atoms with E-state index in [-0.39, 0.29) is 16.2 Å². The number of aryl methyl sites for hydroxylation is 2. The van der Waals surface area contributed by atoms with Gasteiger partial charge in [0.2, 0.25) is 15.9 Å². The molecule has 7 nitrogen and oxygen atoms in total. The first-order valence-corrected chi connectivity index (χ1v) is 13.0. The van der Waals surface area contributed by atoms with E-state index < -0.39 is 10.0 Å². The molecule has 0 N–H and O–H groups in total. The van der Waals surface area contributed by atoms with E-state index in [1.54, 1.807) is 23.1 Å². The Bertz CT molecular complexity index is 1270. The van der Waals surface area contributed by atoms with Crippen LogP contribution in [0.1, 0.15) is 51.1 Å². The van der Waals surface area contributed by atoms with E-state index in [1.807, 2.05) is 18.5 Å². The number of nitrogens with zero attached hydrogens (tertiary/aromatic N) is 4. The van der Waals surface area contributed by atoms with Crippen LogP contribution in [0, 0.1) is 0 Å². The van der Waals surface area contributed by atoms with Gasteiger partial charge in [-0.2, -0.15) is 0 Å². The highest BCUT2D eigenvalue weighted by Gasteiger charge is 2.20. The van der Waals surface area contributed by atoms with Gasteiger partial charge in [0, 0.05) is 47.1 Å². The van der Waals surface area contributed by atoms with Crippen molar-refractivity contribution in [3.63, 3.8) is 0 Å². The number of carbonyl (C=O) groups excluding carboxylic acids is 1. The van der Waals surface area contributed by atoms with Crippen molar-refractivity contribution < 1.29 is 13.2 Å². The van der Waals surface area contributed by atoms with Gasteiger partial charge in [-0.3, -0.25) is 4.79 Å². The number of rotatable bonds is 8. The summed E-state index contributed by atoms with van der Waals surface area (Å²) in [5, 5.41) is 0. The first-order chi connectivity index (χ1) is 15.8. The SMILES string of the molecule is CCn1c(CCC(=O)N(C)Cc2ccc(C(C)(C)C)cc2)nc2cc(S(=O)(=O)N(C)C)ccc21. The Morgan fingerprint density at radius 1 is 1.03 bits per heavy atom. The number of sulfonamides is 1. The number of amides is 1. The van der Waals surface area contributed by atoms with Crippen LogP contribution in [0.25, 0.3) is 11.0 Å². The van der Waals surface area contributed by atoms with Crippen molar-refractivity contribution in [3.8, 4) is 0 Å². The summed E-state index contributed by atoms with van der Waals surface area (Å²) in [6.45, 7) is 9.81. The minimum Gasteiger partial charge on any atom is -0.341 e. The second kappa shape index (κ2) is 9.88. The first kappa shape index (κ1) is 25.9. The van der Waals surface area contributed by atoms with Crippen LogP contribution in [0.15, 0.2) is 47.4 Å². The molecule has 0 bridgehead atoms. The normalized spacial score (nSPS) is 12.5. The lowest BCUT2D eigenvalue weighted by Crippen LogP contribution is -2.26. The Hall–Kier alpha value is -2.71. The molecule has 2 aromatic carbocycles. The van der Waals surface area contributed by atoms with E-state index in [0.29, 0.717) is 31.4 Å². The molecule has 8 heteroatoms. The van der Waals surface area contributed by atoms with E-state index in [9.17, 15) is 13.2 Å². The molecule has 34 heavy (non-hydrogen) atoms. The zero-order valence-electron chi connectivity index (χ0n) is 21.3. The average molecular weight is 485 g/mol. The second-order valence-corrected chi connectivity index (χ2v) is 12.1. The van der Waals surface area contributed by atoms with E-state index in [4.69, 9.17) is 0 Å². The van der Waals surface area contributed by atoms with Crippen LogP contribution in [0.2, 0.25) is 0 Å². The fourth-order valence-electron chi connectivity index (χ4n) is 3.96. The smallest absolute Gasteiger partial charge is 0.242 e. The summed E-state index contributed by atoms with van der Waals surface area (Å²) in [4.78, 5) is 19.5. The zero-order valence-corrected chi connectivity index (χ0v) is 22.1. The Labute approximate surface area is 203 Å². The number of fused-ring (bicyclic) bond motifs is 1. The molecule has 184 valence electrons. The van der Waals surface area contributed by atoms with Crippen LogP contribution in [-0.4, -0.2) is 54.2 Å². The molecular weight excluding hydrogens is 448 g/mol.